The van der Waals surface area contributed by atoms with E-state index in [1.807, 2.05) is 12.1 Å². The van der Waals surface area contributed by atoms with E-state index in [0.717, 1.165) is 82.9 Å². The molecule has 0 amide bonds. The summed E-state index contributed by atoms with van der Waals surface area (Å²) in [6, 6.07) is 67.0. The third-order valence-corrected chi connectivity index (χ3v) is 12.1. The van der Waals surface area contributed by atoms with Gasteiger partial charge in [0.1, 0.15) is 5.58 Å². The van der Waals surface area contributed by atoms with Crippen LogP contribution in [0.3, 0.4) is 0 Å². The second-order valence-corrected chi connectivity index (χ2v) is 15.5. The zero-order chi connectivity index (χ0) is 38.5. The van der Waals surface area contributed by atoms with E-state index in [2.05, 4.69) is 197 Å². The van der Waals surface area contributed by atoms with Crippen molar-refractivity contribution in [1.82, 2.24) is 9.13 Å². The van der Waals surface area contributed by atoms with Gasteiger partial charge < -0.3 is 18.5 Å². The maximum atomic E-state index is 7.06. The molecule has 0 spiro atoms. The highest BCUT2D eigenvalue weighted by Crippen LogP contribution is 2.49. The highest BCUT2D eigenvalue weighted by atomic mass is 35.5. The fourth-order valence-electron chi connectivity index (χ4n) is 9.43. The summed E-state index contributed by atoms with van der Waals surface area (Å²) in [4.78, 5) is 2.38. The standard InChI is InChI=1S/C53H34ClN3O/c1-33-14-10-19-36(32-33)55(47-26-12-21-40-37-20-8-9-27-48(37)58-53(40)47)46-25-13-23-42-50-39-28-30-44-49(38(39)29-31-45(50)57(52(42)46)35-17-6-3-7-18-35)41-22-11-24-43(54)51(41)56(44)34-15-4-2-5-16-34/h2-32H,1H3. The molecule has 0 radical (unpaired) electrons. The summed E-state index contributed by atoms with van der Waals surface area (Å²) in [6.07, 6.45) is 0. The Bertz CT molecular complexity index is 3600. The van der Waals surface area contributed by atoms with Crippen LogP contribution in [0.1, 0.15) is 5.56 Å². The number of para-hydroxylation sites is 6. The molecule has 3 aromatic heterocycles. The molecular weight excluding hydrogens is 730 g/mol. The summed E-state index contributed by atoms with van der Waals surface area (Å²) in [7, 11) is 0. The number of aromatic nitrogens is 2. The third-order valence-electron chi connectivity index (χ3n) is 11.8. The summed E-state index contributed by atoms with van der Waals surface area (Å²) in [6.45, 7) is 2.15. The Balaban J connectivity index is 1.23. The number of benzene rings is 9. The number of hydrogen-bond acceptors (Lipinski definition) is 2. The van der Waals surface area contributed by atoms with E-state index in [0.29, 0.717) is 0 Å². The Labute approximate surface area is 338 Å². The summed E-state index contributed by atoms with van der Waals surface area (Å²) >= 11 is 7.06. The van der Waals surface area contributed by atoms with Crippen LogP contribution in [0, 0.1) is 6.92 Å². The van der Waals surface area contributed by atoms with Crippen molar-refractivity contribution in [3.8, 4) is 11.4 Å². The molecule has 12 rings (SSSR count). The average Bonchev–Trinajstić information content (AvgIpc) is 3.94. The van der Waals surface area contributed by atoms with Crippen LogP contribution in [-0.4, -0.2) is 9.13 Å². The molecule has 0 bridgehead atoms. The van der Waals surface area contributed by atoms with Gasteiger partial charge in [0, 0.05) is 49.4 Å². The van der Waals surface area contributed by atoms with Gasteiger partial charge in [-0.25, -0.2) is 0 Å². The van der Waals surface area contributed by atoms with Crippen LogP contribution in [0.2, 0.25) is 5.02 Å². The molecule has 5 heteroatoms. The lowest BCUT2D eigenvalue weighted by Crippen LogP contribution is -2.12. The second-order valence-electron chi connectivity index (χ2n) is 15.1. The molecule has 0 aliphatic heterocycles. The van der Waals surface area contributed by atoms with Crippen molar-refractivity contribution in [2.75, 3.05) is 4.90 Å². The molecular formula is C53H34ClN3O. The second kappa shape index (κ2) is 12.6. The zero-order valence-corrected chi connectivity index (χ0v) is 32.3. The fraction of sp³-hybridized carbons (Fsp3) is 0.0189. The van der Waals surface area contributed by atoms with Crippen LogP contribution >= 0.6 is 11.6 Å². The minimum Gasteiger partial charge on any atom is -0.454 e. The van der Waals surface area contributed by atoms with Gasteiger partial charge in [0.05, 0.1) is 38.5 Å². The number of rotatable bonds is 5. The van der Waals surface area contributed by atoms with Crippen LogP contribution in [0.5, 0.6) is 0 Å². The van der Waals surface area contributed by atoms with E-state index in [9.17, 15) is 0 Å². The summed E-state index contributed by atoms with van der Waals surface area (Å²) in [5.74, 6) is 0. The monoisotopic (exact) mass is 763 g/mol. The van der Waals surface area contributed by atoms with E-state index >= 15 is 0 Å². The molecule has 4 nitrogen and oxygen atoms in total. The molecule has 0 N–H and O–H groups in total. The Morgan fingerprint density at radius 3 is 1.69 bits per heavy atom. The lowest BCUT2D eigenvalue weighted by atomic mass is 9.99. The number of hydrogen-bond donors (Lipinski definition) is 0. The number of fused-ring (bicyclic) bond motifs is 12. The van der Waals surface area contributed by atoms with Crippen LogP contribution in [0.15, 0.2) is 192 Å². The average molecular weight is 764 g/mol. The molecule has 0 atom stereocenters. The van der Waals surface area contributed by atoms with E-state index in [1.54, 1.807) is 0 Å². The maximum Gasteiger partial charge on any atom is 0.159 e. The SMILES string of the molecule is Cc1cccc(N(c2cccc3c2oc2ccccc23)c2cccc3c4c5ccc6c(c5ccc4n(-c4ccccc4)c23)c2cccc(Cl)c2n6-c2ccccc2)c1. The van der Waals surface area contributed by atoms with Crippen LogP contribution < -0.4 is 4.90 Å². The molecule has 0 saturated heterocycles. The number of anilines is 3. The van der Waals surface area contributed by atoms with Crippen molar-refractivity contribution in [2.45, 2.75) is 6.92 Å². The first-order chi connectivity index (χ1) is 28.6. The van der Waals surface area contributed by atoms with Gasteiger partial charge in [0.15, 0.2) is 5.58 Å². The van der Waals surface area contributed by atoms with Gasteiger partial charge in [-0.05, 0) is 96.1 Å². The molecule has 58 heavy (non-hydrogen) atoms. The Morgan fingerprint density at radius 2 is 1.00 bits per heavy atom. The van der Waals surface area contributed by atoms with Crippen molar-refractivity contribution in [2.24, 2.45) is 0 Å². The molecule has 3 heterocycles. The van der Waals surface area contributed by atoms with Crippen molar-refractivity contribution in [3.05, 3.63) is 199 Å². The molecule has 9 aromatic carbocycles. The van der Waals surface area contributed by atoms with Gasteiger partial charge in [0.25, 0.3) is 0 Å². The third kappa shape index (κ3) is 4.70. The molecule has 274 valence electrons. The topological polar surface area (TPSA) is 26.2 Å². The van der Waals surface area contributed by atoms with Crippen LogP contribution in [-0.2, 0) is 0 Å². The molecule has 0 saturated carbocycles. The first-order valence-corrected chi connectivity index (χ1v) is 20.0. The number of furan rings is 1. The Morgan fingerprint density at radius 1 is 0.448 bits per heavy atom. The number of nitrogens with zero attached hydrogens (tertiary/aromatic N) is 3. The van der Waals surface area contributed by atoms with Gasteiger partial charge in [-0.15, -0.1) is 0 Å². The van der Waals surface area contributed by atoms with Crippen molar-refractivity contribution < 1.29 is 4.42 Å². The molecule has 0 aliphatic carbocycles. The predicted octanol–water partition coefficient (Wildman–Crippen LogP) is 15.4. The molecule has 0 fully saturated rings. The highest BCUT2D eigenvalue weighted by molar-refractivity contribution is 6.38. The number of halogens is 1. The van der Waals surface area contributed by atoms with Gasteiger partial charge in [0.2, 0.25) is 0 Å². The lowest BCUT2D eigenvalue weighted by Gasteiger charge is -2.27. The zero-order valence-electron chi connectivity index (χ0n) is 31.5. The summed E-state index contributed by atoms with van der Waals surface area (Å²) in [5.41, 5.74) is 12.6. The maximum absolute atomic E-state index is 7.06. The van der Waals surface area contributed by atoms with Gasteiger partial charge in [-0.2, -0.15) is 0 Å². The number of aryl methyl sites for hydroxylation is 1. The van der Waals surface area contributed by atoms with Crippen molar-refractivity contribution >= 4 is 105 Å². The van der Waals surface area contributed by atoms with Crippen molar-refractivity contribution in [3.63, 3.8) is 0 Å². The molecule has 12 aromatic rings. The van der Waals surface area contributed by atoms with E-state index in [-0.39, 0.29) is 0 Å². The van der Waals surface area contributed by atoms with Gasteiger partial charge in [-0.3, -0.25) is 0 Å². The van der Waals surface area contributed by atoms with E-state index in [1.165, 1.54) is 32.5 Å². The molecule has 0 unspecified atom stereocenters. The highest BCUT2D eigenvalue weighted by Gasteiger charge is 2.26. The van der Waals surface area contributed by atoms with Gasteiger partial charge in [-0.1, -0.05) is 127 Å². The summed E-state index contributed by atoms with van der Waals surface area (Å²) < 4.78 is 11.5. The fourth-order valence-corrected chi connectivity index (χ4v) is 9.69. The Kier molecular flexibility index (Phi) is 7.16. The Hall–Kier alpha value is -7.27. The van der Waals surface area contributed by atoms with Crippen molar-refractivity contribution in [1.29, 1.82) is 0 Å². The molecule has 0 aliphatic rings. The predicted molar refractivity (Wildman–Crippen MR) is 244 cm³/mol. The van der Waals surface area contributed by atoms with E-state index in [4.69, 9.17) is 16.0 Å². The summed E-state index contributed by atoms with van der Waals surface area (Å²) in [5, 5.41) is 9.99. The van der Waals surface area contributed by atoms with Gasteiger partial charge >= 0.3 is 0 Å². The largest absolute Gasteiger partial charge is 0.454 e. The minimum absolute atomic E-state index is 0.729. The first kappa shape index (κ1) is 32.9. The van der Waals surface area contributed by atoms with Crippen LogP contribution in [0.4, 0.5) is 17.1 Å². The van der Waals surface area contributed by atoms with Crippen LogP contribution in [0.25, 0.3) is 87.7 Å². The first-order valence-electron chi connectivity index (χ1n) is 19.6. The quantitative estimate of drug-likeness (QED) is 0.174. The smallest absolute Gasteiger partial charge is 0.159 e. The normalized spacial score (nSPS) is 12.0. The minimum atomic E-state index is 0.729. The lowest BCUT2D eigenvalue weighted by molar-refractivity contribution is 0.669. The van der Waals surface area contributed by atoms with E-state index < -0.39 is 0 Å².